The first-order valence-electron chi connectivity index (χ1n) is 4.80. The average Bonchev–Trinajstić information content (AvgIpc) is 2.30. The van der Waals surface area contributed by atoms with Crippen LogP contribution in [-0.4, -0.2) is 22.7 Å². The quantitative estimate of drug-likeness (QED) is 0.671. The van der Waals surface area contributed by atoms with Crippen LogP contribution in [0, 0.1) is 0 Å². The normalized spacial score (nSPS) is 10.7. The summed E-state index contributed by atoms with van der Waals surface area (Å²) in [4.78, 5) is 21.7. The van der Waals surface area contributed by atoms with Crippen LogP contribution >= 0.6 is 27.5 Å². The molecule has 1 aromatic rings. The number of carbonyl (C=O) groups is 2. The summed E-state index contributed by atoms with van der Waals surface area (Å²) in [5.41, 5.74) is 1.51. The molecule has 0 radical (unpaired) electrons. The standard InChI is InChI=1S/C12H10BrClO3/c13-12-8(4-5-11(16)17)2-1-3-9(12)6-10(15)7-14/h1-5H,6-7H2,(H,16,17)/b5-4+. The fourth-order valence-corrected chi connectivity index (χ4v) is 1.92. The molecule has 0 heterocycles. The highest BCUT2D eigenvalue weighted by Crippen LogP contribution is 2.23. The van der Waals surface area contributed by atoms with Crippen molar-refractivity contribution in [2.24, 2.45) is 0 Å². The molecule has 3 nitrogen and oxygen atoms in total. The molecule has 0 aliphatic carbocycles. The maximum absolute atomic E-state index is 11.2. The van der Waals surface area contributed by atoms with Gasteiger partial charge in [-0.2, -0.15) is 0 Å². The molecule has 0 aromatic heterocycles. The molecule has 1 aromatic carbocycles. The number of hydrogen-bond donors (Lipinski definition) is 1. The number of carboxylic acid groups (broad SMARTS) is 1. The van der Waals surface area contributed by atoms with Crippen LogP contribution in [0.3, 0.4) is 0 Å². The summed E-state index contributed by atoms with van der Waals surface area (Å²) in [5.74, 6) is -1.12. The minimum Gasteiger partial charge on any atom is -0.478 e. The zero-order valence-corrected chi connectivity index (χ0v) is 11.2. The lowest BCUT2D eigenvalue weighted by Gasteiger charge is -2.05. The number of rotatable bonds is 5. The van der Waals surface area contributed by atoms with Crippen molar-refractivity contribution in [3.63, 3.8) is 0 Å². The third-order valence-corrected chi connectivity index (χ3v) is 3.32. The van der Waals surface area contributed by atoms with Crippen molar-refractivity contribution in [2.75, 3.05) is 5.88 Å². The molecule has 0 saturated carbocycles. The molecule has 17 heavy (non-hydrogen) atoms. The van der Waals surface area contributed by atoms with Gasteiger partial charge in [0.25, 0.3) is 0 Å². The lowest BCUT2D eigenvalue weighted by molar-refractivity contribution is -0.131. The summed E-state index contributed by atoms with van der Waals surface area (Å²) in [5, 5.41) is 8.54. The first-order valence-corrected chi connectivity index (χ1v) is 6.13. The van der Waals surface area contributed by atoms with E-state index in [2.05, 4.69) is 15.9 Å². The van der Waals surface area contributed by atoms with E-state index in [0.717, 1.165) is 16.1 Å². The topological polar surface area (TPSA) is 54.4 Å². The number of hydrogen-bond acceptors (Lipinski definition) is 2. The number of ketones is 1. The second-order valence-corrected chi connectivity index (χ2v) is 4.40. The maximum atomic E-state index is 11.2. The van der Waals surface area contributed by atoms with Gasteiger partial charge in [-0.25, -0.2) is 4.79 Å². The average molecular weight is 318 g/mol. The maximum Gasteiger partial charge on any atom is 0.328 e. The zero-order valence-electron chi connectivity index (χ0n) is 8.82. The summed E-state index contributed by atoms with van der Waals surface area (Å²) in [6, 6.07) is 5.33. The number of alkyl halides is 1. The minimum atomic E-state index is -1.01. The van der Waals surface area contributed by atoms with Gasteiger partial charge in [-0.15, -0.1) is 11.6 Å². The minimum absolute atomic E-state index is 0.0262. The zero-order chi connectivity index (χ0) is 12.8. The summed E-state index contributed by atoms with van der Waals surface area (Å²) in [7, 11) is 0. The van der Waals surface area contributed by atoms with Crippen LogP contribution in [0.25, 0.3) is 6.08 Å². The number of Topliss-reactive ketones (excluding diaryl/α,β-unsaturated/α-hetero) is 1. The third-order valence-electron chi connectivity index (χ3n) is 2.05. The summed E-state index contributed by atoms with van der Waals surface area (Å²) < 4.78 is 0.718. The summed E-state index contributed by atoms with van der Waals surface area (Å²) >= 11 is 8.79. The van der Waals surface area contributed by atoms with Crippen LogP contribution in [0.1, 0.15) is 11.1 Å². The van der Waals surface area contributed by atoms with E-state index >= 15 is 0 Å². The molecule has 90 valence electrons. The first kappa shape index (κ1) is 13.9. The third kappa shape index (κ3) is 4.32. The van der Waals surface area contributed by atoms with Crippen LogP contribution in [0.4, 0.5) is 0 Å². The van der Waals surface area contributed by atoms with E-state index in [9.17, 15) is 9.59 Å². The van der Waals surface area contributed by atoms with E-state index in [4.69, 9.17) is 16.7 Å². The number of carboxylic acids is 1. The predicted molar refractivity (Wildman–Crippen MR) is 70.2 cm³/mol. The van der Waals surface area contributed by atoms with Gasteiger partial charge in [0.05, 0.1) is 5.88 Å². The van der Waals surface area contributed by atoms with Crippen molar-refractivity contribution in [1.29, 1.82) is 0 Å². The predicted octanol–water partition coefficient (Wildman–Crippen LogP) is 2.90. The molecule has 0 amide bonds. The second-order valence-electron chi connectivity index (χ2n) is 3.34. The molecule has 0 aliphatic heterocycles. The van der Waals surface area contributed by atoms with Gasteiger partial charge < -0.3 is 5.11 Å². The smallest absolute Gasteiger partial charge is 0.328 e. The van der Waals surface area contributed by atoms with E-state index in [-0.39, 0.29) is 18.1 Å². The van der Waals surface area contributed by atoms with Gasteiger partial charge in [-0.05, 0) is 33.1 Å². The van der Waals surface area contributed by atoms with Crippen molar-refractivity contribution in [3.05, 3.63) is 39.9 Å². The molecule has 0 unspecified atom stereocenters. The van der Waals surface area contributed by atoms with Crippen LogP contribution in [0.2, 0.25) is 0 Å². The first-order chi connectivity index (χ1) is 8.04. The molecule has 5 heteroatoms. The van der Waals surface area contributed by atoms with E-state index in [1.807, 2.05) is 0 Å². The Balaban J connectivity index is 2.98. The van der Waals surface area contributed by atoms with Crippen molar-refractivity contribution < 1.29 is 14.7 Å². The Bertz CT molecular complexity index is 469. The molecular formula is C12H10BrClO3. The number of benzene rings is 1. The van der Waals surface area contributed by atoms with Crippen LogP contribution < -0.4 is 0 Å². The van der Waals surface area contributed by atoms with Gasteiger partial charge >= 0.3 is 5.97 Å². The van der Waals surface area contributed by atoms with Crippen molar-refractivity contribution in [2.45, 2.75) is 6.42 Å². The van der Waals surface area contributed by atoms with Gasteiger partial charge in [-0.3, -0.25) is 4.79 Å². The van der Waals surface area contributed by atoms with Gasteiger partial charge in [0, 0.05) is 17.0 Å². The Morgan fingerprint density at radius 3 is 2.71 bits per heavy atom. The van der Waals surface area contributed by atoms with E-state index in [0.29, 0.717) is 5.56 Å². The summed E-state index contributed by atoms with van der Waals surface area (Å²) in [6.45, 7) is 0. The molecule has 0 atom stereocenters. The monoisotopic (exact) mass is 316 g/mol. The van der Waals surface area contributed by atoms with Crippen molar-refractivity contribution in [3.8, 4) is 0 Å². The van der Waals surface area contributed by atoms with Crippen LogP contribution in [0.5, 0.6) is 0 Å². The van der Waals surface area contributed by atoms with Gasteiger partial charge in [0.2, 0.25) is 0 Å². The molecule has 1 N–H and O–H groups in total. The Labute approximate surface area is 112 Å². The highest BCUT2D eigenvalue weighted by molar-refractivity contribution is 9.10. The molecule has 0 fully saturated rings. The Hall–Kier alpha value is -1.13. The highest BCUT2D eigenvalue weighted by atomic mass is 79.9. The van der Waals surface area contributed by atoms with E-state index in [1.54, 1.807) is 18.2 Å². The largest absolute Gasteiger partial charge is 0.478 e. The lowest BCUT2D eigenvalue weighted by atomic mass is 10.1. The molecule has 0 spiro atoms. The molecule has 0 bridgehead atoms. The van der Waals surface area contributed by atoms with Gasteiger partial charge in [0.1, 0.15) is 0 Å². The van der Waals surface area contributed by atoms with E-state index < -0.39 is 5.97 Å². The molecule has 0 saturated heterocycles. The SMILES string of the molecule is O=C(O)/C=C/c1cccc(CC(=O)CCl)c1Br. The molecule has 0 aliphatic rings. The molecule has 1 rings (SSSR count). The number of halogens is 2. The fraction of sp³-hybridized carbons (Fsp3) is 0.167. The number of aliphatic carboxylic acids is 1. The summed E-state index contributed by atoms with van der Waals surface area (Å²) in [6.07, 6.45) is 2.76. The van der Waals surface area contributed by atoms with Crippen molar-refractivity contribution in [1.82, 2.24) is 0 Å². The Morgan fingerprint density at radius 1 is 1.41 bits per heavy atom. The van der Waals surface area contributed by atoms with Gasteiger partial charge in [-0.1, -0.05) is 18.2 Å². The van der Waals surface area contributed by atoms with Crippen molar-refractivity contribution >= 4 is 45.4 Å². The fourth-order valence-electron chi connectivity index (χ4n) is 1.29. The lowest BCUT2D eigenvalue weighted by Crippen LogP contribution is -2.04. The number of carbonyl (C=O) groups excluding carboxylic acids is 1. The van der Waals surface area contributed by atoms with E-state index in [1.165, 1.54) is 6.08 Å². The Morgan fingerprint density at radius 2 is 2.12 bits per heavy atom. The highest BCUT2D eigenvalue weighted by Gasteiger charge is 2.08. The second kappa shape index (κ2) is 6.57. The molecular weight excluding hydrogens is 307 g/mol. The van der Waals surface area contributed by atoms with Gasteiger partial charge in [0.15, 0.2) is 5.78 Å². The Kier molecular flexibility index (Phi) is 5.38. The van der Waals surface area contributed by atoms with Crippen LogP contribution in [-0.2, 0) is 16.0 Å². The van der Waals surface area contributed by atoms with Crippen LogP contribution in [0.15, 0.2) is 28.7 Å².